The Kier molecular flexibility index (Phi) is 5.74. The highest BCUT2D eigenvalue weighted by Crippen LogP contribution is 2.30. The van der Waals surface area contributed by atoms with Crippen molar-refractivity contribution in [3.63, 3.8) is 0 Å². The van der Waals surface area contributed by atoms with E-state index in [1.807, 2.05) is 19.1 Å². The highest BCUT2D eigenvalue weighted by molar-refractivity contribution is 7.86. The van der Waals surface area contributed by atoms with E-state index in [0.717, 1.165) is 16.5 Å². The Bertz CT molecular complexity index is 1390. The van der Waals surface area contributed by atoms with E-state index in [1.54, 1.807) is 31.2 Å². The Hall–Kier alpha value is -2.72. The van der Waals surface area contributed by atoms with Crippen LogP contribution < -0.4 is 4.74 Å². The topological polar surface area (TPSA) is 118 Å². The van der Waals surface area contributed by atoms with Crippen molar-refractivity contribution in [1.82, 2.24) is 0 Å². The van der Waals surface area contributed by atoms with Crippen LogP contribution in [-0.2, 0) is 20.2 Å². The van der Waals surface area contributed by atoms with Crippen molar-refractivity contribution in [1.29, 1.82) is 0 Å². The van der Waals surface area contributed by atoms with Crippen molar-refractivity contribution in [3.05, 3.63) is 64.7 Å². The van der Waals surface area contributed by atoms with Crippen molar-refractivity contribution in [2.75, 3.05) is 7.11 Å². The molecule has 0 radical (unpaired) electrons. The van der Waals surface area contributed by atoms with E-state index in [4.69, 9.17) is 4.74 Å². The van der Waals surface area contributed by atoms with Crippen LogP contribution in [0.25, 0.3) is 22.9 Å². The number of ether oxygens (including phenoxy) is 1. The molecule has 0 bridgehead atoms. The van der Waals surface area contributed by atoms with Crippen LogP contribution >= 0.6 is 0 Å². The van der Waals surface area contributed by atoms with E-state index in [0.29, 0.717) is 16.5 Å². The SMILES string of the molecule is COc1cc(S(=O)(=O)O)c(C)cc1/C=C/c1c(C)ccc2cc(S(=O)(=O)O)ccc12. The molecule has 7 nitrogen and oxygen atoms in total. The third-order valence-corrected chi connectivity index (χ3v) is 6.63. The fourth-order valence-corrected chi connectivity index (χ4v) is 4.51. The van der Waals surface area contributed by atoms with Gasteiger partial charge in [0.15, 0.2) is 0 Å². The molecular formula is C21H20O7S2. The summed E-state index contributed by atoms with van der Waals surface area (Å²) in [7, 11) is -7.28. The minimum atomic E-state index is -4.38. The standard InChI is InChI=1S/C21H20O7S2/c1-13-4-5-15-11-17(29(22,23)24)7-9-19(15)18(13)8-6-16-10-14(2)21(30(25,26)27)12-20(16)28-3/h4-12H,1-3H3,(H,22,23,24)(H,25,26,27)/b8-6+. The lowest BCUT2D eigenvalue weighted by Crippen LogP contribution is -2.02. The molecule has 3 rings (SSSR count). The van der Waals surface area contributed by atoms with Crippen molar-refractivity contribution < 1.29 is 30.7 Å². The molecule has 0 amide bonds. The third kappa shape index (κ3) is 4.39. The number of fused-ring (bicyclic) bond motifs is 1. The highest BCUT2D eigenvalue weighted by atomic mass is 32.2. The molecule has 0 atom stereocenters. The first-order chi connectivity index (χ1) is 13.9. The maximum atomic E-state index is 11.5. The third-order valence-electron chi connectivity index (χ3n) is 4.78. The summed E-state index contributed by atoms with van der Waals surface area (Å²) >= 11 is 0. The van der Waals surface area contributed by atoms with Gasteiger partial charge in [-0.25, -0.2) is 0 Å². The monoisotopic (exact) mass is 448 g/mol. The Morgan fingerprint density at radius 2 is 1.53 bits per heavy atom. The van der Waals surface area contributed by atoms with E-state index < -0.39 is 20.2 Å². The molecule has 3 aromatic carbocycles. The minimum absolute atomic E-state index is 0.188. The fourth-order valence-electron chi connectivity index (χ4n) is 3.27. The second-order valence-corrected chi connectivity index (χ2v) is 9.63. The summed E-state index contributed by atoms with van der Waals surface area (Å²) < 4.78 is 69.8. The van der Waals surface area contributed by atoms with Crippen molar-refractivity contribution in [2.45, 2.75) is 23.6 Å². The van der Waals surface area contributed by atoms with Gasteiger partial charge in [0, 0.05) is 11.6 Å². The van der Waals surface area contributed by atoms with Gasteiger partial charge < -0.3 is 4.74 Å². The summed E-state index contributed by atoms with van der Waals surface area (Å²) in [4.78, 5) is -0.414. The van der Waals surface area contributed by atoms with Gasteiger partial charge in [-0.1, -0.05) is 30.4 Å². The van der Waals surface area contributed by atoms with Crippen LogP contribution in [0.2, 0.25) is 0 Å². The van der Waals surface area contributed by atoms with E-state index in [1.165, 1.54) is 25.3 Å². The summed E-state index contributed by atoms with van der Waals surface area (Å²) in [5.74, 6) is 0.274. The van der Waals surface area contributed by atoms with Crippen LogP contribution in [0.3, 0.4) is 0 Å². The molecule has 2 N–H and O–H groups in total. The molecule has 0 spiro atoms. The largest absolute Gasteiger partial charge is 0.496 e. The van der Waals surface area contributed by atoms with Crippen LogP contribution in [-0.4, -0.2) is 33.1 Å². The molecule has 30 heavy (non-hydrogen) atoms. The van der Waals surface area contributed by atoms with E-state index >= 15 is 0 Å². The van der Waals surface area contributed by atoms with Crippen molar-refractivity contribution >= 4 is 43.2 Å². The summed E-state index contributed by atoms with van der Waals surface area (Å²) in [6, 6.07) is 10.8. The lowest BCUT2D eigenvalue weighted by Gasteiger charge is -2.11. The van der Waals surface area contributed by atoms with Crippen LogP contribution in [0.4, 0.5) is 0 Å². The van der Waals surface area contributed by atoms with E-state index in [9.17, 15) is 25.9 Å². The van der Waals surface area contributed by atoms with Gasteiger partial charge in [0.05, 0.1) is 12.0 Å². The smallest absolute Gasteiger partial charge is 0.294 e. The van der Waals surface area contributed by atoms with Gasteiger partial charge in [-0.05, 0) is 59.5 Å². The van der Waals surface area contributed by atoms with Gasteiger partial charge in [-0.15, -0.1) is 0 Å². The number of rotatable bonds is 5. The zero-order chi connectivity index (χ0) is 22.3. The van der Waals surface area contributed by atoms with Crippen LogP contribution in [0, 0.1) is 13.8 Å². The number of methoxy groups -OCH3 is 1. The van der Waals surface area contributed by atoms with E-state index in [2.05, 4.69) is 0 Å². The zero-order valence-electron chi connectivity index (χ0n) is 16.4. The second-order valence-electron chi connectivity index (χ2n) is 6.82. The molecule has 0 saturated heterocycles. The van der Waals surface area contributed by atoms with Gasteiger partial charge in [-0.2, -0.15) is 16.8 Å². The maximum Gasteiger partial charge on any atom is 0.294 e. The first kappa shape index (κ1) is 22.0. The first-order valence-electron chi connectivity index (χ1n) is 8.77. The van der Waals surface area contributed by atoms with Crippen molar-refractivity contribution in [3.8, 4) is 5.75 Å². The van der Waals surface area contributed by atoms with Gasteiger partial charge in [0.2, 0.25) is 0 Å². The average Bonchev–Trinajstić information content (AvgIpc) is 2.65. The normalized spacial score (nSPS) is 12.6. The maximum absolute atomic E-state index is 11.5. The molecule has 0 aliphatic rings. The predicted molar refractivity (Wildman–Crippen MR) is 115 cm³/mol. The van der Waals surface area contributed by atoms with Gasteiger partial charge in [0.25, 0.3) is 20.2 Å². The fraction of sp³-hybridized carbons (Fsp3) is 0.143. The summed E-state index contributed by atoms with van der Waals surface area (Å²) in [6.07, 6.45) is 3.56. The molecule has 0 fully saturated rings. The predicted octanol–water partition coefficient (Wildman–Crippen LogP) is 4.13. The molecule has 0 unspecified atom stereocenters. The molecule has 0 saturated carbocycles. The Balaban J connectivity index is 2.14. The summed E-state index contributed by atoms with van der Waals surface area (Å²) in [6.45, 7) is 3.47. The van der Waals surface area contributed by atoms with Crippen molar-refractivity contribution in [2.24, 2.45) is 0 Å². The quantitative estimate of drug-likeness (QED) is 0.445. The number of benzene rings is 3. The Morgan fingerprint density at radius 1 is 0.833 bits per heavy atom. The summed E-state index contributed by atoms with van der Waals surface area (Å²) in [5, 5.41) is 1.42. The zero-order valence-corrected chi connectivity index (χ0v) is 18.1. The van der Waals surface area contributed by atoms with Crippen LogP contribution in [0.5, 0.6) is 5.75 Å². The lowest BCUT2D eigenvalue weighted by molar-refractivity contribution is 0.411. The van der Waals surface area contributed by atoms with Gasteiger partial charge in [0.1, 0.15) is 10.6 Å². The lowest BCUT2D eigenvalue weighted by atomic mass is 9.98. The van der Waals surface area contributed by atoms with Crippen LogP contribution in [0.1, 0.15) is 22.3 Å². The van der Waals surface area contributed by atoms with Crippen LogP contribution in [0.15, 0.2) is 52.3 Å². The van der Waals surface area contributed by atoms with Gasteiger partial charge in [-0.3, -0.25) is 9.11 Å². The molecule has 0 aliphatic carbocycles. The Morgan fingerprint density at radius 3 is 2.13 bits per heavy atom. The molecular weight excluding hydrogens is 428 g/mol. The summed E-state index contributed by atoms with van der Waals surface area (Å²) in [5.41, 5.74) is 2.73. The van der Waals surface area contributed by atoms with E-state index in [-0.39, 0.29) is 15.5 Å². The molecule has 9 heteroatoms. The molecule has 0 heterocycles. The number of hydrogen-bond acceptors (Lipinski definition) is 5. The molecule has 0 aromatic heterocycles. The average molecular weight is 449 g/mol. The first-order valence-corrected chi connectivity index (χ1v) is 11.6. The highest BCUT2D eigenvalue weighted by Gasteiger charge is 2.17. The minimum Gasteiger partial charge on any atom is -0.496 e. The molecule has 158 valence electrons. The van der Waals surface area contributed by atoms with Gasteiger partial charge >= 0.3 is 0 Å². The number of aryl methyl sites for hydroxylation is 2. The Labute approximate surface area is 175 Å². The second kappa shape index (κ2) is 7.84. The number of hydrogen-bond donors (Lipinski definition) is 2. The molecule has 0 aliphatic heterocycles. The molecule has 3 aromatic rings.